The topological polar surface area (TPSA) is 78.8 Å². The number of nitrogens with two attached hydrogens (primary N) is 1. The van der Waals surface area contributed by atoms with E-state index in [9.17, 15) is 0 Å². The van der Waals surface area contributed by atoms with Crippen molar-refractivity contribution in [1.29, 1.82) is 0 Å². The van der Waals surface area contributed by atoms with Gasteiger partial charge >= 0.3 is 0 Å². The Labute approximate surface area is 77.1 Å². The minimum atomic E-state index is 0.110. The van der Waals surface area contributed by atoms with Crippen LogP contribution < -0.4 is 5.73 Å². The number of aromatic nitrogens is 4. The minimum Gasteiger partial charge on any atom is -0.377 e. The van der Waals surface area contributed by atoms with E-state index in [0.717, 1.165) is 0 Å². The minimum absolute atomic E-state index is 0.110. The van der Waals surface area contributed by atoms with Crippen LogP contribution in [0.25, 0.3) is 0 Å². The van der Waals surface area contributed by atoms with E-state index in [2.05, 4.69) is 15.5 Å². The third-order valence-corrected chi connectivity index (χ3v) is 1.67. The molecule has 0 aliphatic rings. The summed E-state index contributed by atoms with van der Waals surface area (Å²) in [5.41, 5.74) is 5.44. The largest absolute Gasteiger partial charge is 0.377 e. The summed E-state index contributed by atoms with van der Waals surface area (Å²) in [6, 6.07) is 0. The van der Waals surface area contributed by atoms with E-state index in [4.69, 9.17) is 10.5 Å². The van der Waals surface area contributed by atoms with E-state index in [1.54, 1.807) is 4.68 Å². The quantitative estimate of drug-likeness (QED) is 0.672. The Bertz CT molecular complexity index is 249. The van der Waals surface area contributed by atoms with E-state index >= 15 is 0 Å². The smallest absolute Gasteiger partial charge is 0.164 e. The SMILES string of the molecule is CCOC(C)Cn1nnnc1CN. The van der Waals surface area contributed by atoms with Gasteiger partial charge in [0.05, 0.1) is 19.2 Å². The number of hydrogen-bond acceptors (Lipinski definition) is 5. The normalized spacial score (nSPS) is 13.2. The van der Waals surface area contributed by atoms with Crippen molar-refractivity contribution in [3.63, 3.8) is 0 Å². The summed E-state index contributed by atoms with van der Waals surface area (Å²) >= 11 is 0. The lowest BCUT2D eigenvalue weighted by Crippen LogP contribution is -2.20. The van der Waals surface area contributed by atoms with Crippen LogP contribution in [0.1, 0.15) is 19.7 Å². The fourth-order valence-corrected chi connectivity index (χ4v) is 1.09. The number of ether oxygens (including phenoxy) is 1. The summed E-state index contributed by atoms with van der Waals surface area (Å²) in [4.78, 5) is 0. The van der Waals surface area contributed by atoms with Gasteiger partial charge in [-0.25, -0.2) is 4.68 Å². The summed E-state index contributed by atoms with van der Waals surface area (Å²) in [6.07, 6.45) is 0.110. The van der Waals surface area contributed by atoms with Crippen LogP contribution in [0.15, 0.2) is 0 Å². The van der Waals surface area contributed by atoms with Crippen LogP contribution in [0.4, 0.5) is 0 Å². The second kappa shape index (κ2) is 4.88. The summed E-state index contributed by atoms with van der Waals surface area (Å²) in [6.45, 7) is 5.63. The Kier molecular flexibility index (Phi) is 3.78. The molecule has 1 atom stereocenters. The molecule has 0 aliphatic heterocycles. The van der Waals surface area contributed by atoms with Gasteiger partial charge in [-0.2, -0.15) is 0 Å². The highest BCUT2D eigenvalue weighted by Crippen LogP contribution is 1.97. The average molecular weight is 185 g/mol. The van der Waals surface area contributed by atoms with E-state index in [1.165, 1.54) is 0 Å². The zero-order chi connectivity index (χ0) is 9.68. The fraction of sp³-hybridized carbons (Fsp3) is 0.857. The molecule has 74 valence electrons. The van der Waals surface area contributed by atoms with Gasteiger partial charge in [-0.15, -0.1) is 5.10 Å². The zero-order valence-corrected chi connectivity index (χ0v) is 7.97. The molecule has 0 saturated heterocycles. The van der Waals surface area contributed by atoms with Crippen molar-refractivity contribution >= 4 is 0 Å². The molecular formula is C7H15N5O. The average Bonchev–Trinajstić information content (AvgIpc) is 2.52. The van der Waals surface area contributed by atoms with E-state index in [0.29, 0.717) is 25.5 Å². The third-order valence-electron chi connectivity index (χ3n) is 1.67. The standard InChI is InChI=1S/C7H15N5O/c1-3-13-6(2)5-12-7(4-8)9-10-11-12/h6H,3-5,8H2,1-2H3. The molecule has 6 heteroatoms. The summed E-state index contributed by atoms with van der Waals surface area (Å²) in [5, 5.41) is 11.1. The van der Waals surface area contributed by atoms with Crippen molar-refractivity contribution in [3.8, 4) is 0 Å². The highest BCUT2D eigenvalue weighted by Gasteiger charge is 2.07. The zero-order valence-electron chi connectivity index (χ0n) is 7.97. The first-order chi connectivity index (χ1) is 6.27. The first-order valence-electron chi connectivity index (χ1n) is 4.34. The molecule has 0 saturated carbocycles. The summed E-state index contributed by atoms with van der Waals surface area (Å²) in [7, 11) is 0. The van der Waals surface area contributed by atoms with Crippen LogP contribution in [-0.2, 0) is 17.8 Å². The first-order valence-corrected chi connectivity index (χ1v) is 4.34. The molecule has 1 rings (SSSR count). The van der Waals surface area contributed by atoms with Crippen molar-refractivity contribution in [2.75, 3.05) is 6.61 Å². The predicted octanol–water partition coefficient (Wildman–Crippen LogP) is -0.443. The molecule has 0 aliphatic carbocycles. The highest BCUT2D eigenvalue weighted by atomic mass is 16.5. The molecule has 6 nitrogen and oxygen atoms in total. The maximum Gasteiger partial charge on any atom is 0.164 e. The maximum atomic E-state index is 5.44. The summed E-state index contributed by atoms with van der Waals surface area (Å²) in [5.74, 6) is 0.687. The summed E-state index contributed by atoms with van der Waals surface area (Å²) < 4.78 is 7.02. The second-order valence-electron chi connectivity index (χ2n) is 2.75. The van der Waals surface area contributed by atoms with Crippen LogP contribution in [0.3, 0.4) is 0 Å². The van der Waals surface area contributed by atoms with Gasteiger partial charge in [0.15, 0.2) is 5.82 Å². The van der Waals surface area contributed by atoms with Crippen LogP contribution >= 0.6 is 0 Å². The van der Waals surface area contributed by atoms with Gasteiger partial charge in [0, 0.05) is 6.61 Å². The van der Waals surface area contributed by atoms with E-state index in [-0.39, 0.29) is 6.10 Å². The van der Waals surface area contributed by atoms with Crippen LogP contribution in [0.5, 0.6) is 0 Å². The Balaban J connectivity index is 2.52. The molecule has 1 unspecified atom stereocenters. The Morgan fingerprint density at radius 2 is 2.38 bits per heavy atom. The maximum absolute atomic E-state index is 5.44. The van der Waals surface area contributed by atoms with E-state index in [1.807, 2.05) is 13.8 Å². The van der Waals surface area contributed by atoms with Gasteiger partial charge in [-0.3, -0.25) is 0 Å². The molecule has 2 N–H and O–H groups in total. The fourth-order valence-electron chi connectivity index (χ4n) is 1.09. The molecule has 13 heavy (non-hydrogen) atoms. The number of rotatable bonds is 5. The molecule has 0 amide bonds. The number of tetrazole rings is 1. The van der Waals surface area contributed by atoms with Gasteiger partial charge in [0.25, 0.3) is 0 Å². The molecule has 0 fully saturated rings. The van der Waals surface area contributed by atoms with Crippen LogP contribution in [0.2, 0.25) is 0 Å². The molecule has 1 aromatic rings. The second-order valence-corrected chi connectivity index (χ2v) is 2.75. The van der Waals surface area contributed by atoms with Crippen LogP contribution in [0, 0.1) is 0 Å². The van der Waals surface area contributed by atoms with E-state index < -0.39 is 0 Å². The lowest BCUT2D eigenvalue weighted by molar-refractivity contribution is 0.0604. The first kappa shape index (κ1) is 10.1. The Morgan fingerprint density at radius 1 is 1.62 bits per heavy atom. The van der Waals surface area contributed by atoms with Crippen LogP contribution in [-0.4, -0.2) is 32.9 Å². The lowest BCUT2D eigenvalue weighted by atomic mass is 10.4. The van der Waals surface area contributed by atoms with Gasteiger partial charge in [0.1, 0.15) is 0 Å². The number of hydrogen-bond donors (Lipinski definition) is 1. The molecule has 1 aromatic heterocycles. The van der Waals surface area contributed by atoms with Gasteiger partial charge in [-0.1, -0.05) is 0 Å². The molecule has 0 bridgehead atoms. The van der Waals surface area contributed by atoms with Gasteiger partial charge in [0.2, 0.25) is 0 Å². The van der Waals surface area contributed by atoms with Crippen molar-refractivity contribution in [2.45, 2.75) is 33.0 Å². The highest BCUT2D eigenvalue weighted by molar-refractivity contribution is 4.78. The Morgan fingerprint density at radius 3 is 3.00 bits per heavy atom. The molecular weight excluding hydrogens is 170 g/mol. The van der Waals surface area contributed by atoms with Gasteiger partial charge < -0.3 is 10.5 Å². The predicted molar refractivity (Wildman–Crippen MR) is 46.8 cm³/mol. The van der Waals surface area contributed by atoms with Crippen molar-refractivity contribution in [2.24, 2.45) is 5.73 Å². The van der Waals surface area contributed by atoms with Gasteiger partial charge in [-0.05, 0) is 24.3 Å². The molecule has 1 heterocycles. The van der Waals surface area contributed by atoms with Crippen molar-refractivity contribution in [1.82, 2.24) is 20.2 Å². The Hall–Kier alpha value is -1.01. The lowest BCUT2D eigenvalue weighted by Gasteiger charge is -2.11. The molecule has 0 radical (unpaired) electrons. The monoisotopic (exact) mass is 185 g/mol. The molecule has 0 spiro atoms. The van der Waals surface area contributed by atoms with Crippen molar-refractivity contribution < 1.29 is 4.74 Å². The number of nitrogens with zero attached hydrogens (tertiary/aromatic N) is 4. The van der Waals surface area contributed by atoms with Crippen molar-refractivity contribution in [3.05, 3.63) is 5.82 Å². The molecule has 0 aromatic carbocycles. The third kappa shape index (κ3) is 2.74.